The molecular formula is C12H7F12O2P. The van der Waals surface area contributed by atoms with E-state index in [4.69, 9.17) is 0 Å². The average Bonchev–Trinajstić information content (AvgIpc) is 2.42. The highest BCUT2D eigenvalue weighted by Crippen LogP contribution is 2.51. The van der Waals surface area contributed by atoms with E-state index >= 15 is 0 Å². The number of benzene rings is 1. The Hall–Kier alpha value is -1.27. The summed E-state index contributed by atoms with van der Waals surface area (Å²) < 4.78 is 158. The number of halogens is 12. The predicted molar refractivity (Wildman–Crippen MR) is 67.0 cm³/mol. The van der Waals surface area contributed by atoms with E-state index in [0.717, 1.165) is 18.2 Å². The van der Waals surface area contributed by atoms with Gasteiger partial charge in [0.15, 0.2) is 0 Å². The highest BCUT2D eigenvalue weighted by Gasteiger charge is 2.62. The summed E-state index contributed by atoms with van der Waals surface area (Å²) >= 11 is 0. The van der Waals surface area contributed by atoms with Crippen molar-refractivity contribution >= 4 is 13.7 Å². The third kappa shape index (κ3) is 7.00. The first kappa shape index (κ1) is 23.8. The van der Waals surface area contributed by atoms with E-state index in [2.05, 4.69) is 9.05 Å². The Morgan fingerprint density at radius 1 is 0.556 bits per heavy atom. The molecule has 1 aromatic carbocycles. The van der Waals surface area contributed by atoms with Crippen LogP contribution in [0.1, 0.15) is 0 Å². The molecule has 0 aromatic heterocycles. The molecule has 2 nitrogen and oxygen atoms in total. The molecule has 15 heteroatoms. The lowest BCUT2D eigenvalue weighted by molar-refractivity contribution is -0.310. The maximum Gasteiger partial charge on any atom is 0.424 e. The van der Waals surface area contributed by atoms with Crippen molar-refractivity contribution in [1.29, 1.82) is 0 Å². The van der Waals surface area contributed by atoms with Gasteiger partial charge in [-0.1, -0.05) is 18.2 Å². The topological polar surface area (TPSA) is 18.5 Å². The van der Waals surface area contributed by atoms with Gasteiger partial charge in [-0.25, -0.2) is 0 Å². The van der Waals surface area contributed by atoms with Crippen LogP contribution in [0.4, 0.5) is 52.7 Å². The van der Waals surface area contributed by atoms with Crippen molar-refractivity contribution in [3.8, 4) is 0 Å². The van der Waals surface area contributed by atoms with Gasteiger partial charge in [-0.05, 0) is 12.1 Å². The maximum absolute atomic E-state index is 12.6. The fraction of sp³-hybridized carbons (Fsp3) is 0.500. The number of alkyl halides is 12. The molecule has 1 aromatic rings. The highest BCUT2D eigenvalue weighted by molar-refractivity contribution is 7.56. The first-order valence-electron chi connectivity index (χ1n) is 6.39. The predicted octanol–water partition coefficient (Wildman–Crippen LogP) is 5.64. The minimum Gasteiger partial charge on any atom is -0.308 e. The van der Waals surface area contributed by atoms with E-state index in [-0.39, 0.29) is 0 Å². The van der Waals surface area contributed by atoms with Crippen LogP contribution in [0, 0.1) is 0 Å². The summed E-state index contributed by atoms with van der Waals surface area (Å²) in [4.78, 5) is 0. The molecule has 0 atom stereocenters. The monoisotopic (exact) mass is 442 g/mol. The number of rotatable bonds is 5. The van der Waals surface area contributed by atoms with E-state index in [1.165, 1.54) is 0 Å². The van der Waals surface area contributed by atoms with Crippen molar-refractivity contribution in [2.24, 2.45) is 0 Å². The zero-order valence-electron chi connectivity index (χ0n) is 12.3. The SMILES string of the molecule is FC(F)(F)C(OP(OC(C(F)(F)F)C(F)(F)F)c1ccccc1)C(F)(F)F. The van der Waals surface area contributed by atoms with Crippen LogP contribution in [0.5, 0.6) is 0 Å². The van der Waals surface area contributed by atoms with Gasteiger partial charge in [-0.2, -0.15) is 52.7 Å². The van der Waals surface area contributed by atoms with Gasteiger partial charge in [-0.15, -0.1) is 0 Å². The summed E-state index contributed by atoms with van der Waals surface area (Å²) in [7, 11) is -4.07. The van der Waals surface area contributed by atoms with Gasteiger partial charge in [0.25, 0.3) is 12.2 Å². The van der Waals surface area contributed by atoms with Crippen LogP contribution in [-0.2, 0) is 9.05 Å². The molecular weight excluding hydrogens is 435 g/mol. The zero-order chi connectivity index (χ0) is 21.3. The fourth-order valence-electron chi connectivity index (χ4n) is 1.50. The second-order valence-corrected chi connectivity index (χ2v) is 6.18. The van der Waals surface area contributed by atoms with E-state index in [1.807, 2.05) is 0 Å². The van der Waals surface area contributed by atoms with Crippen molar-refractivity contribution in [3.63, 3.8) is 0 Å². The van der Waals surface area contributed by atoms with Gasteiger partial charge in [0.2, 0.25) is 8.38 Å². The molecule has 156 valence electrons. The fourth-order valence-corrected chi connectivity index (χ4v) is 3.07. The molecule has 0 fully saturated rings. The Morgan fingerprint density at radius 2 is 0.852 bits per heavy atom. The van der Waals surface area contributed by atoms with E-state index < -0.39 is 50.6 Å². The van der Waals surface area contributed by atoms with Crippen LogP contribution in [-0.4, -0.2) is 36.9 Å². The lowest BCUT2D eigenvalue weighted by atomic mass is 10.3. The second-order valence-electron chi connectivity index (χ2n) is 4.73. The molecule has 1 rings (SSSR count). The number of hydrogen-bond donors (Lipinski definition) is 0. The lowest BCUT2D eigenvalue weighted by Gasteiger charge is -2.31. The first-order valence-corrected chi connectivity index (χ1v) is 7.57. The van der Waals surface area contributed by atoms with Crippen LogP contribution in [0.15, 0.2) is 30.3 Å². The Balaban J connectivity index is 3.33. The normalized spacial score (nSPS) is 14.5. The molecule has 0 heterocycles. The molecule has 27 heavy (non-hydrogen) atoms. The Bertz CT molecular complexity index is 530. The molecule has 0 aliphatic rings. The van der Waals surface area contributed by atoms with Crippen molar-refractivity contribution < 1.29 is 61.7 Å². The van der Waals surface area contributed by atoms with E-state index in [1.54, 1.807) is 0 Å². The summed E-state index contributed by atoms with van der Waals surface area (Å²) in [5.74, 6) is 0. The summed E-state index contributed by atoms with van der Waals surface area (Å²) in [6.45, 7) is 0. The molecule has 0 N–H and O–H groups in total. The number of hydrogen-bond acceptors (Lipinski definition) is 2. The summed E-state index contributed by atoms with van der Waals surface area (Å²) in [6, 6.07) is 4.39. The maximum atomic E-state index is 12.6. The van der Waals surface area contributed by atoms with Crippen LogP contribution in [0.3, 0.4) is 0 Å². The molecule has 0 saturated heterocycles. The summed E-state index contributed by atoms with van der Waals surface area (Å²) in [5.41, 5.74) is 0. The zero-order valence-corrected chi connectivity index (χ0v) is 13.2. The lowest BCUT2D eigenvalue weighted by Crippen LogP contribution is -2.46. The Labute approximate surface area is 144 Å². The van der Waals surface area contributed by atoms with Gasteiger partial charge in [0.1, 0.15) is 0 Å². The van der Waals surface area contributed by atoms with E-state index in [0.29, 0.717) is 12.1 Å². The van der Waals surface area contributed by atoms with Crippen LogP contribution < -0.4 is 5.30 Å². The third-order valence-corrected chi connectivity index (χ3v) is 4.08. The summed E-state index contributed by atoms with van der Waals surface area (Å²) in [6.07, 6.45) is -34.0. The van der Waals surface area contributed by atoms with Crippen molar-refractivity contribution in [2.75, 3.05) is 0 Å². The van der Waals surface area contributed by atoms with Crippen molar-refractivity contribution in [2.45, 2.75) is 36.9 Å². The minimum absolute atomic E-state index is 0.666. The van der Waals surface area contributed by atoms with Crippen molar-refractivity contribution in [1.82, 2.24) is 0 Å². The Kier molecular flexibility index (Phi) is 7.04. The molecule has 0 saturated carbocycles. The van der Waals surface area contributed by atoms with Crippen molar-refractivity contribution in [3.05, 3.63) is 30.3 Å². The van der Waals surface area contributed by atoms with Gasteiger partial charge in [-0.3, -0.25) is 0 Å². The van der Waals surface area contributed by atoms with Crippen LogP contribution >= 0.6 is 8.38 Å². The molecule has 0 spiro atoms. The molecule has 0 aliphatic carbocycles. The second kappa shape index (κ2) is 8.00. The highest BCUT2D eigenvalue weighted by atomic mass is 31.2. The minimum atomic E-state index is -6.16. The molecule has 0 radical (unpaired) electrons. The van der Waals surface area contributed by atoms with E-state index in [9.17, 15) is 52.7 Å². The smallest absolute Gasteiger partial charge is 0.308 e. The molecule has 0 unspecified atom stereocenters. The average molecular weight is 442 g/mol. The van der Waals surface area contributed by atoms with Gasteiger partial charge in [0.05, 0.1) is 0 Å². The molecule has 0 bridgehead atoms. The first-order chi connectivity index (χ1) is 11.9. The third-order valence-electron chi connectivity index (χ3n) is 2.56. The quantitative estimate of drug-likeness (QED) is 0.434. The van der Waals surface area contributed by atoms with Gasteiger partial charge in [0, 0.05) is 5.30 Å². The van der Waals surface area contributed by atoms with Crippen LogP contribution in [0.25, 0.3) is 0 Å². The largest absolute Gasteiger partial charge is 0.424 e. The Morgan fingerprint density at radius 3 is 1.11 bits per heavy atom. The molecule has 0 amide bonds. The van der Waals surface area contributed by atoms with Crippen LogP contribution in [0.2, 0.25) is 0 Å². The van der Waals surface area contributed by atoms with Gasteiger partial charge >= 0.3 is 24.7 Å². The van der Waals surface area contributed by atoms with Gasteiger partial charge < -0.3 is 9.05 Å². The molecule has 0 aliphatic heterocycles. The standard InChI is InChI=1S/C12H7F12O2P/c13-9(14,15)7(10(16,17)18)25-27(6-4-2-1-3-5-6)26-8(11(19,20)21)12(22,23)24/h1-5,7-8H. The summed E-state index contributed by atoms with van der Waals surface area (Å²) in [5, 5.41) is -0.857.